The van der Waals surface area contributed by atoms with E-state index in [0.29, 0.717) is 6.04 Å². The fourth-order valence-corrected chi connectivity index (χ4v) is 3.73. The van der Waals surface area contributed by atoms with E-state index in [4.69, 9.17) is 0 Å². The molecule has 19 heavy (non-hydrogen) atoms. The highest BCUT2D eigenvalue weighted by atomic mass is 32.1. The van der Waals surface area contributed by atoms with E-state index in [2.05, 4.69) is 43.2 Å². The van der Waals surface area contributed by atoms with Gasteiger partial charge in [-0.25, -0.2) is 15.0 Å². The maximum absolute atomic E-state index is 4.46. The maximum Gasteiger partial charge on any atom is 0.182 e. The van der Waals surface area contributed by atoms with Crippen molar-refractivity contribution >= 4 is 28.3 Å². The Morgan fingerprint density at radius 3 is 3.26 bits per heavy atom. The molecule has 0 aromatic carbocycles. The Kier molecular flexibility index (Phi) is 2.32. The van der Waals surface area contributed by atoms with Crippen LogP contribution in [0.5, 0.6) is 0 Å². The summed E-state index contributed by atoms with van der Waals surface area (Å²) in [4.78, 5) is 19.8. The van der Waals surface area contributed by atoms with Crippen molar-refractivity contribution in [3.8, 4) is 0 Å². The third kappa shape index (κ3) is 1.56. The zero-order valence-electron chi connectivity index (χ0n) is 10.5. The number of hydrogen-bond donors (Lipinski definition) is 1. The van der Waals surface area contributed by atoms with Crippen molar-refractivity contribution in [3.63, 3.8) is 0 Å². The summed E-state index contributed by atoms with van der Waals surface area (Å²) in [6, 6.07) is 2.57. The third-order valence-electron chi connectivity index (χ3n) is 3.75. The van der Waals surface area contributed by atoms with E-state index >= 15 is 0 Å². The highest BCUT2D eigenvalue weighted by Gasteiger charge is 2.27. The van der Waals surface area contributed by atoms with Crippen LogP contribution < -0.4 is 4.90 Å². The first kappa shape index (κ1) is 10.9. The monoisotopic (exact) mass is 271 g/mol. The number of H-pyrrole nitrogens is 1. The molecule has 0 radical (unpaired) electrons. The van der Waals surface area contributed by atoms with Crippen LogP contribution in [-0.4, -0.2) is 26.5 Å². The van der Waals surface area contributed by atoms with Crippen LogP contribution in [-0.2, 0) is 6.42 Å². The second kappa shape index (κ2) is 4.03. The number of nitrogens with zero attached hydrogens (tertiary/aromatic N) is 4. The van der Waals surface area contributed by atoms with Gasteiger partial charge in [-0.1, -0.05) is 0 Å². The van der Waals surface area contributed by atoms with Gasteiger partial charge in [0.05, 0.1) is 12.4 Å². The fourth-order valence-electron chi connectivity index (χ4n) is 2.77. The summed E-state index contributed by atoms with van der Waals surface area (Å²) < 4.78 is 0. The second-order valence-electron chi connectivity index (χ2n) is 4.72. The van der Waals surface area contributed by atoms with Crippen LogP contribution in [0.2, 0.25) is 0 Å². The minimum absolute atomic E-state index is 0.344. The van der Waals surface area contributed by atoms with Crippen LogP contribution in [0.3, 0.4) is 0 Å². The standard InChI is InChI=1S/C13H13N5S/c1-8-9-3-5-19-10(9)2-4-18(8)13-11-12(15-6-14-11)16-7-17-13/h3,5-8H,2,4H2,1H3,(H,14,15,16,17). The molecule has 1 atom stereocenters. The lowest BCUT2D eigenvalue weighted by Gasteiger charge is -2.34. The van der Waals surface area contributed by atoms with E-state index in [9.17, 15) is 0 Å². The van der Waals surface area contributed by atoms with Crippen LogP contribution in [0.1, 0.15) is 23.4 Å². The summed E-state index contributed by atoms with van der Waals surface area (Å²) in [5, 5.41) is 2.18. The van der Waals surface area contributed by atoms with Crippen molar-refractivity contribution < 1.29 is 0 Å². The van der Waals surface area contributed by atoms with Gasteiger partial charge in [0, 0.05) is 11.4 Å². The highest BCUT2D eigenvalue weighted by molar-refractivity contribution is 7.10. The molecule has 0 fully saturated rings. The quantitative estimate of drug-likeness (QED) is 0.739. The number of nitrogens with one attached hydrogen (secondary N) is 1. The van der Waals surface area contributed by atoms with Gasteiger partial charge in [-0.3, -0.25) is 0 Å². The Bertz CT molecular complexity index is 731. The Labute approximate surface area is 114 Å². The van der Waals surface area contributed by atoms with Gasteiger partial charge in [-0.15, -0.1) is 11.3 Å². The molecule has 0 aliphatic carbocycles. The summed E-state index contributed by atoms with van der Waals surface area (Å²) in [6.45, 7) is 3.22. The zero-order valence-corrected chi connectivity index (χ0v) is 11.3. The van der Waals surface area contributed by atoms with Gasteiger partial charge in [0.25, 0.3) is 0 Å². The van der Waals surface area contributed by atoms with E-state index < -0.39 is 0 Å². The smallest absolute Gasteiger partial charge is 0.182 e. The molecule has 1 aliphatic heterocycles. The lowest BCUT2D eigenvalue weighted by Crippen LogP contribution is -2.33. The van der Waals surface area contributed by atoms with Crippen LogP contribution in [0, 0.1) is 0 Å². The molecular formula is C13H13N5S. The normalized spacial score (nSPS) is 18.8. The lowest BCUT2D eigenvalue weighted by atomic mass is 10.0. The fraction of sp³-hybridized carbons (Fsp3) is 0.308. The van der Waals surface area contributed by atoms with E-state index in [1.807, 2.05) is 11.3 Å². The average molecular weight is 271 g/mol. The van der Waals surface area contributed by atoms with Gasteiger partial charge in [0.15, 0.2) is 11.5 Å². The Morgan fingerprint density at radius 2 is 2.32 bits per heavy atom. The molecule has 3 aromatic heterocycles. The molecule has 1 N–H and O–H groups in total. The number of imidazole rings is 1. The summed E-state index contributed by atoms with van der Waals surface area (Å²) in [7, 11) is 0. The molecule has 0 spiro atoms. The number of thiophene rings is 1. The lowest BCUT2D eigenvalue weighted by molar-refractivity contribution is 0.626. The van der Waals surface area contributed by atoms with Gasteiger partial charge >= 0.3 is 0 Å². The van der Waals surface area contributed by atoms with Crippen LogP contribution in [0.25, 0.3) is 11.2 Å². The first-order valence-corrected chi connectivity index (χ1v) is 7.19. The molecular weight excluding hydrogens is 258 g/mol. The number of anilines is 1. The average Bonchev–Trinajstić information content (AvgIpc) is 3.07. The molecule has 96 valence electrons. The zero-order chi connectivity index (χ0) is 12.8. The number of fused-ring (bicyclic) bond motifs is 2. The molecule has 3 aromatic rings. The van der Waals surface area contributed by atoms with Crippen molar-refractivity contribution in [2.45, 2.75) is 19.4 Å². The minimum Gasteiger partial charge on any atom is -0.348 e. The largest absolute Gasteiger partial charge is 0.348 e. The molecule has 4 rings (SSSR count). The summed E-state index contributed by atoms with van der Waals surface area (Å²) in [5.74, 6) is 0.951. The van der Waals surface area contributed by atoms with Gasteiger partial charge < -0.3 is 9.88 Å². The number of rotatable bonds is 1. The van der Waals surface area contributed by atoms with E-state index in [-0.39, 0.29) is 0 Å². The van der Waals surface area contributed by atoms with Crippen LogP contribution in [0.15, 0.2) is 24.1 Å². The molecule has 0 saturated heterocycles. The van der Waals surface area contributed by atoms with Crippen molar-refractivity contribution in [3.05, 3.63) is 34.5 Å². The predicted octanol–water partition coefficient (Wildman–Crippen LogP) is 2.54. The summed E-state index contributed by atoms with van der Waals surface area (Å²) in [5.41, 5.74) is 3.07. The molecule has 0 saturated carbocycles. The van der Waals surface area contributed by atoms with Crippen molar-refractivity contribution in [1.29, 1.82) is 0 Å². The third-order valence-corrected chi connectivity index (χ3v) is 4.75. The van der Waals surface area contributed by atoms with E-state index in [1.165, 1.54) is 10.4 Å². The van der Waals surface area contributed by atoms with Gasteiger partial charge in [0.1, 0.15) is 11.8 Å². The molecule has 0 amide bonds. The van der Waals surface area contributed by atoms with Crippen molar-refractivity contribution in [2.24, 2.45) is 0 Å². The van der Waals surface area contributed by atoms with Gasteiger partial charge in [-0.2, -0.15) is 0 Å². The van der Waals surface area contributed by atoms with Crippen molar-refractivity contribution in [2.75, 3.05) is 11.4 Å². The van der Waals surface area contributed by atoms with E-state index in [1.54, 1.807) is 12.7 Å². The first-order chi connectivity index (χ1) is 9.34. The SMILES string of the molecule is CC1c2ccsc2CCN1c1ncnc2nc[nH]c12. The number of aromatic amines is 1. The molecule has 1 unspecified atom stereocenters. The molecule has 0 bridgehead atoms. The van der Waals surface area contributed by atoms with E-state index in [0.717, 1.165) is 29.9 Å². The minimum atomic E-state index is 0.344. The Hall–Kier alpha value is -1.95. The molecule has 6 heteroatoms. The highest BCUT2D eigenvalue weighted by Crippen LogP contribution is 2.36. The van der Waals surface area contributed by atoms with Crippen molar-refractivity contribution in [1.82, 2.24) is 19.9 Å². The van der Waals surface area contributed by atoms with Gasteiger partial charge in [-0.05, 0) is 30.4 Å². The molecule has 4 heterocycles. The molecule has 5 nitrogen and oxygen atoms in total. The first-order valence-electron chi connectivity index (χ1n) is 6.31. The van der Waals surface area contributed by atoms with Crippen LogP contribution >= 0.6 is 11.3 Å². The number of hydrogen-bond acceptors (Lipinski definition) is 5. The molecule has 1 aliphatic rings. The Balaban J connectivity index is 1.83. The number of aromatic nitrogens is 4. The van der Waals surface area contributed by atoms with Crippen LogP contribution in [0.4, 0.5) is 5.82 Å². The predicted molar refractivity (Wildman–Crippen MR) is 75.5 cm³/mol. The summed E-state index contributed by atoms with van der Waals surface area (Å²) in [6.07, 6.45) is 4.35. The summed E-state index contributed by atoms with van der Waals surface area (Å²) >= 11 is 1.85. The maximum atomic E-state index is 4.46. The Morgan fingerprint density at radius 1 is 1.37 bits per heavy atom. The second-order valence-corrected chi connectivity index (χ2v) is 5.72. The topological polar surface area (TPSA) is 57.7 Å². The van der Waals surface area contributed by atoms with Gasteiger partial charge in [0.2, 0.25) is 0 Å².